The molecule has 0 radical (unpaired) electrons. The molecule has 5 nitrogen and oxygen atoms in total. The molecule has 0 spiro atoms. The van der Waals surface area contributed by atoms with Crippen LogP contribution in [0.2, 0.25) is 0 Å². The Kier molecular flexibility index (Phi) is 4.83. The van der Waals surface area contributed by atoms with Crippen LogP contribution in [0.25, 0.3) is 0 Å². The molecule has 84 valence electrons. The number of hydrogen-bond acceptors (Lipinski definition) is 5. The number of nitrogens with one attached hydrogen (secondary N) is 1. The molecule has 0 bridgehead atoms. The van der Waals surface area contributed by atoms with Crippen LogP contribution in [0, 0.1) is 0 Å². The van der Waals surface area contributed by atoms with Crippen molar-refractivity contribution in [1.29, 1.82) is 0 Å². The van der Waals surface area contributed by atoms with E-state index in [4.69, 9.17) is 9.47 Å². The number of aromatic nitrogens is 2. The first kappa shape index (κ1) is 11.7. The van der Waals surface area contributed by atoms with Gasteiger partial charge in [-0.3, -0.25) is 0 Å². The van der Waals surface area contributed by atoms with Crippen molar-refractivity contribution in [3.63, 3.8) is 0 Å². The van der Waals surface area contributed by atoms with Gasteiger partial charge in [-0.05, 0) is 13.8 Å². The van der Waals surface area contributed by atoms with Gasteiger partial charge < -0.3 is 14.8 Å². The van der Waals surface area contributed by atoms with Crippen molar-refractivity contribution in [2.24, 2.45) is 0 Å². The molecule has 0 saturated carbocycles. The maximum Gasteiger partial charge on any atom is 0.222 e. The lowest BCUT2D eigenvalue weighted by atomic mass is 10.4. The zero-order chi connectivity index (χ0) is 11.1. The van der Waals surface area contributed by atoms with E-state index in [0.29, 0.717) is 24.8 Å². The highest BCUT2D eigenvalue weighted by Crippen LogP contribution is 2.07. The molecule has 1 rings (SSSR count). The van der Waals surface area contributed by atoms with Crippen molar-refractivity contribution in [1.82, 2.24) is 9.97 Å². The molecule has 0 saturated heterocycles. The van der Waals surface area contributed by atoms with Gasteiger partial charge in [-0.25, -0.2) is 9.97 Å². The third-order valence-corrected chi connectivity index (χ3v) is 1.86. The third-order valence-electron chi connectivity index (χ3n) is 1.86. The van der Waals surface area contributed by atoms with Crippen LogP contribution in [-0.4, -0.2) is 36.3 Å². The van der Waals surface area contributed by atoms with Gasteiger partial charge in [0.1, 0.15) is 0 Å². The molecule has 0 amide bonds. The van der Waals surface area contributed by atoms with Crippen LogP contribution in [0.3, 0.4) is 0 Å². The summed E-state index contributed by atoms with van der Waals surface area (Å²) in [6, 6.07) is 0. The van der Waals surface area contributed by atoms with Crippen molar-refractivity contribution < 1.29 is 9.47 Å². The van der Waals surface area contributed by atoms with E-state index in [9.17, 15) is 0 Å². The van der Waals surface area contributed by atoms with E-state index < -0.39 is 0 Å². The van der Waals surface area contributed by atoms with E-state index in [-0.39, 0.29) is 6.10 Å². The van der Waals surface area contributed by atoms with Crippen molar-refractivity contribution in [3.05, 3.63) is 12.4 Å². The Morgan fingerprint density at radius 1 is 1.40 bits per heavy atom. The fourth-order valence-corrected chi connectivity index (χ4v) is 1.09. The van der Waals surface area contributed by atoms with Crippen LogP contribution in [0.5, 0.6) is 5.75 Å². The highest BCUT2D eigenvalue weighted by molar-refractivity contribution is 5.26. The summed E-state index contributed by atoms with van der Waals surface area (Å²) in [6.45, 7) is 5.38. The van der Waals surface area contributed by atoms with Gasteiger partial charge in [-0.2, -0.15) is 0 Å². The van der Waals surface area contributed by atoms with Gasteiger partial charge >= 0.3 is 0 Å². The maximum atomic E-state index is 5.37. The monoisotopic (exact) mass is 211 g/mol. The van der Waals surface area contributed by atoms with Gasteiger partial charge in [0.2, 0.25) is 5.95 Å². The highest BCUT2D eigenvalue weighted by atomic mass is 16.5. The van der Waals surface area contributed by atoms with E-state index in [1.165, 1.54) is 0 Å². The van der Waals surface area contributed by atoms with Crippen LogP contribution in [-0.2, 0) is 4.74 Å². The van der Waals surface area contributed by atoms with Crippen molar-refractivity contribution in [2.75, 3.05) is 25.6 Å². The second-order valence-corrected chi connectivity index (χ2v) is 3.09. The van der Waals surface area contributed by atoms with E-state index in [1.54, 1.807) is 19.5 Å². The number of methoxy groups -OCH3 is 1. The lowest BCUT2D eigenvalue weighted by Crippen LogP contribution is -2.20. The van der Waals surface area contributed by atoms with Gasteiger partial charge in [-0.15, -0.1) is 0 Å². The minimum atomic E-state index is 0.153. The Bertz CT molecular complexity index is 277. The lowest BCUT2D eigenvalue weighted by Gasteiger charge is -2.12. The van der Waals surface area contributed by atoms with E-state index in [2.05, 4.69) is 15.3 Å². The lowest BCUT2D eigenvalue weighted by molar-refractivity contribution is 0.0854. The van der Waals surface area contributed by atoms with Gasteiger partial charge in [0.05, 0.1) is 25.6 Å². The predicted octanol–water partition coefficient (Wildman–Crippen LogP) is 1.32. The third kappa shape index (κ3) is 4.12. The molecule has 5 heteroatoms. The zero-order valence-corrected chi connectivity index (χ0v) is 9.36. The fraction of sp³-hybridized carbons (Fsp3) is 0.600. The van der Waals surface area contributed by atoms with Crippen molar-refractivity contribution in [2.45, 2.75) is 20.0 Å². The second kappa shape index (κ2) is 6.19. The zero-order valence-electron chi connectivity index (χ0n) is 9.36. The average Bonchev–Trinajstić information content (AvgIpc) is 2.27. The molecule has 1 aromatic heterocycles. The topological polar surface area (TPSA) is 56.3 Å². The summed E-state index contributed by atoms with van der Waals surface area (Å²) in [6.07, 6.45) is 3.40. The Morgan fingerprint density at radius 2 is 2.07 bits per heavy atom. The molecule has 0 aliphatic rings. The Labute approximate surface area is 89.8 Å². The second-order valence-electron chi connectivity index (χ2n) is 3.09. The highest BCUT2D eigenvalue weighted by Gasteiger charge is 2.02. The fourth-order valence-electron chi connectivity index (χ4n) is 1.09. The smallest absolute Gasteiger partial charge is 0.222 e. The maximum absolute atomic E-state index is 5.37. The van der Waals surface area contributed by atoms with Crippen LogP contribution >= 0.6 is 0 Å². The Morgan fingerprint density at radius 3 is 2.60 bits per heavy atom. The van der Waals surface area contributed by atoms with E-state index >= 15 is 0 Å². The van der Waals surface area contributed by atoms with Crippen LogP contribution < -0.4 is 10.1 Å². The molecule has 0 fully saturated rings. The SMILES string of the molecule is CCOC(C)CNc1ncc(OC)cn1. The summed E-state index contributed by atoms with van der Waals surface area (Å²) < 4.78 is 10.3. The van der Waals surface area contributed by atoms with Gasteiger partial charge in [0.25, 0.3) is 0 Å². The van der Waals surface area contributed by atoms with E-state index in [0.717, 1.165) is 0 Å². The summed E-state index contributed by atoms with van der Waals surface area (Å²) in [5.74, 6) is 1.24. The summed E-state index contributed by atoms with van der Waals surface area (Å²) in [5.41, 5.74) is 0. The van der Waals surface area contributed by atoms with Gasteiger partial charge in [0, 0.05) is 13.2 Å². The molecular formula is C10H17N3O2. The molecule has 1 unspecified atom stereocenters. The number of hydrogen-bond donors (Lipinski definition) is 1. The number of anilines is 1. The molecule has 0 aliphatic heterocycles. The van der Waals surface area contributed by atoms with Crippen LogP contribution in [0.4, 0.5) is 5.95 Å². The Balaban J connectivity index is 2.37. The van der Waals surface area contributed by atoms with E-state index in [1.807, 2.05) is 13.8 Å². The summed E-state index contributed by atoms with van der Waals surface area (Å²) in [5, 5.41) is 3.08. The minimum absolute atomic E-state index is 0.153. The van der Waals surface area contributed by atoms with Crippen molar-refractivity contribution in [3.8, 4) is 5.75 Å². The minimum Gasteiger partial charge on any atom is -0.494 e. The van der Waals surface area contributed by atoms with Gasteiger partial charge in [0.15, 0.2) is 5.75 Å². The van der Waals surface area contributed by atoms with Crippen LogP contribution in [0.15, 0.2) is 12.4 Å². The number of rotatable bonds is 6. The first-order valence-corrected chi connectivity index (χ1v) is 4.97. The molecule has 0 aliphatic carbocycles. The first-order valence-electron chi connectivity index (χ1n) is 4.97. The first-order chi connectivity index (χ1) is 7.26. The van der Waals surface area contributed by atoms with Gasteiger partial charge in [-0.1, -0.05) is 0 Å². The predicted molar refractivity (Wildman–Crippen MR) is 58.2 cm³/mol. The molecule has 1 aromatic rings. The summed E-state index contributed by atoms with van der Waals surface area (Å²) >= 11 is 0. The van der Waals surface area contributed by atoms with Crippen molar-refractivity contribution >= 4 is 5.95 Å². The molecule has 0 aromatic carbocycles. The summed E-state index contributed by atoms with van der Waals surface area (Å²) in [4.78, 5) is 8.16. The quantitative estimate of drug-likeness (QED) is 0.769. The number of ether oxygens (including phenoxy) is 2. The summed E-state index contributed by atoms with van der Waals surface area (Å²) in [7, 11) is 1.59. The average molecular weight is 211 g/mol. The Hall–Kier alpha value is -1.36. The standard InChI is InChI=1S/C10H17N3O2/c1-4-15-8(2)5-11-10-12-6-9(14-3)7-13-10/h6-8H,4-5H2,1-3H3,(H,11,12,13). The largest absolute Gasteiger partial charge is 0.494 e. The molecule has 1 N–H and O–H groups in total. The molecular weight excluding hydrogens is 194 g/mol. The number of nitrogens with zero attached hydrogens (tertiary/aromatic N) is 2. The van der Waals surface area contributed by atoms with Crippen LogP contribution in [0.1, 0.15) is 13.8 Å². The molecule has 1 atom stereocenters. The molecule has 15 heavy (non-hydrogen) atoms. The molecule has 1 heterocycles. The normalized spacial score (nSPS) is 12.2.